The van der Waals surface area contributed by atoms with Crippen LogP contribution in [0.15, 0.2) is 22.8 Å². The lowest BCUT2D eigenvalue weighted by molar-refractivity contribution is -0.133. The molecular formula is C16H23N5O. The van der Waals surface area contributed by atoms with E-state index in [1.54, 1.807) is 12.5 Å². The van der Waals surface area contributed by atoms with E-state index in [1.807, 2.05) is 30.4 Å². The molecule has 0 spiro atoms. The highest BCUT2D eigenvalue weighted by atomic mass is 16.2. The molecule has 0 fully saturated rings. The third-order valence-electron chi connectivity index (χ3n) is 3.98. The van der Waals surface area contributed by atoms with Crippen LogP contribution in [-0.2, 0) is 18.4 Å². The highest BCUT2D eigenvalue weighted by molar-refractivity contribution is 5.76. The summed E-state index contributed by atoms with van der Waals surface area (Å²) in [6, 6.07) is 0.136. The summed E-state index contributed by atoms with van der Waals surface area (Å²) >= 11 is 0. The van der Waals surface area contributed by atoms with Gasteiger partial charge < -0.3 is 9.47 Å². The molecule has 1 aliphatic rings. The molecule has 2 rings (SSSR count). The van der Waals surface area contributed by atoms with Crippen molar-refractivity contribution in [3.05, 3.63) is 18.2 Å². The van der Waals surface area contributed by atoms with Crippen molar-refractivity contribution in [1.82, 2.24) is 14.5 Å². The van der Waals surface area contributed by atoms with E-state index in [4.69, 9.17) is 6.42 Å². The number of amides is 1. The molecule has 0 radical (unpaired) electrons. The van der Waals surface area contributed by atoms with Gasteiger partial charge in [0, 0.05) is 45.0 Å². The van der Waals surface area contributed by atoms with Gasteiger partial charge in [0.25, 0.3) is 0 Å². The van der Waals surface area contributed by atoms with Gasteiger partial charge in [0.05, 0.1) is 18.6 Å². The number of nitrogens with zero attached hydrogens (tertiary/aromatic N) is 5. The topological polar surface area (TPSA) is 62.9 Å². The van der Waals surface area contributed by atoms with E-state index in [-0.39, 0.29) is 11.9 Å². The largest absolute Gasteiger partial charge is 0.336 e. The van der Waals surface area contributed by atoms with Gasteiger partial charge in [-0.05, 0) is 13.8 Å². The minimum absolute atomic E-state index is 0.119. The molecule has 0 atom stereocenters. The summed E-state index contributed by atoms with van der Waals surface area (Å²) in [6.45, 7) is 4.61. The summed E-state index contributed by atoms with van der Waals surface area (Å²) in [6.07, 6.45) is 11.3. The molecule has 2 heterocycles. The fourth-order valence-corrected chi connectivity index (χ4v) is 2.39. The Morgan fingerprint density at radius 2 is 2.18 bits per heavy atom. The first-order valence-electron chi connectivity index (χ1n) is 7.59. The summed E-state index contributed by atoms with van der Waals surface area (Å²) in [5.74, 6) is 2.72. The smallest absolute Gasteiger partial charge is 0.223 e. The molecule has 1 aromatic rings. The Morgan fingerprint density at radius 1 is 1.45 bits per heavy atom. The maximum Gasteiger partial charge on any atom is 0.223 e. The summed E-state index contributed by atoms with van der Waals surface area (Å²) < 4.78 is 1.93. The zero-order valence-electron chi connectivity index (χ0n) is 13.5. The van der Waals surface area contributed by atoms with Gasteiger partial charge in [-0.1, -0.05) is 0 Å². The zero-order chi connectivity index (χ0) is 16.2. The fourth-order valence-electron chi connectivity index (χ4n) is 2.39. The molecule has 0 saturated heterocycles. The zero-order valence-corrected chi connectivity index (χ0v) is 13.5. The van der Waals surface area contributed by atoms with Gasteiger partial charge >= 0.3 is 0 Å². The molecule has 0 bridgehead atoms. The molecule has 0 aromatic carbocycles. The second kappa shape index (κ2) is 6.73. The van der Waals surface area contributed by atoms with Crippen molar-refractivity contribution in [3.8, 4) is 12.3 Å². The summed E-state index contributed by atoms with van der Waals surface area (Å²) in [5, 5.41) is 8.16. The maximum atomic E-state index is 12.5. The van der Waals surface area contributed by atoms with Gasteiger partial charge in [-0.2, -0.15) is 10.2 Å². The van der Waals surface area contributed by atoms with Gasteiger partial charge in [-0.15, -0.1) is 12.3 Å². The van der Waals surface area contributed by atoms with Crippen LogP contribution in [0.3, 0.4) is 0 Å². The first-order valence-corrected chi connectivity index (χ1v) is 7.59. The van der Waals surface area contributed by atoms with Crippen molar-refractivity contribution in [2.75, 3.05) is 0 Å². The molecule has 118 valence electrons. The van der Waals surface area contributed by atoms with Crippen LogP contribution in [0.2, 0.25) is 0 Å². The van der Waals surface area contributed by atoms with Crippen molar-refractivity contribution in [3.63, 3.8) is 0 Å². The van der Waals surface area contributed by atoms with Gasteiger partial charge in [-0.25, -0.2) is 4.98 Å². The van der Waals surface area contributed by atoms with Crippen molar-refractivity contribution < 1.29 is 4.79 Å². The highest BCUT2D eigenvalue weighted by Crippen LogP contribution is 2.37. The molecular weight excluding hydrogens is 278 g/mol. The molecule has 6 heteroatoms. The Kier molecular flexibility index (Phi) is 4.96. The molecule has 0 unspecified atom stereocenters. The van der Waals surface area contributed by atoms with Crippen LogP contribution in [0.4, 0.5) is 0 Å². The van der Waals surface area contributed by atoms with Crippen LogP contribution in [0.5, 0.6) is 0 Å². The van der Waals surface area contributed by atoms with Gasteiger partial charge in [0.15, 0.2) is 5.66 Å². The van der Waals surface area contributed by atoms with Crippen molar-refractivity contribution >= 4 is 5.91 Å². The Labute approximate surface area is 131 Å². The number of imidazole rings is 1. The predicted molar refractivity (Wildman–Crippen MR) is 83.8 cm³/mol. The minimum atomic E-state index is -0.392. The average Bonchev–Trinajstić information content (AvgIpc) is 3.15. The first-order chi connectivity index (χ1) is 10.5. The monoisotopic (exact) mass is 301 g/mol. The molecule has 0 N–H and O–H groups in total. The summed E-state index contributed by atoms with van der Waals surface area (Å²) in [5.41, 5.74) is 0.627. The number of hydrogen-bond donors (Lipinski definition) is 0. The molecule has 1 amide bonds. The Hall–Kier alpha value is -2.16. The Balaban J connectivity index is 1.90. The van der Waals surface area contributed by atoms with E-state index in [2.05, 4.69) is 21.1 Å². The van der Waals surface area contributed by atoms with Gasteiger partial charge in [0.1, 0.15) is 0 Å². The molecule has 6 nitrogen and oxygen atoms in total. The average molecular weight is 301 g/mol. The highest BCUT2D eigenvalue weighted by Gasteiger charge is 2.39. The number of rotatable bonds is 8. The normalized spacial score (nSPS) is 14.9. The summed E-state index contributed by atoms with van der Waals surface area (Å²) in [7, 11) is 1.93. The van der Waals surface area contributed by atoms with E-state index >= 15 is 0 Å². The van der Waals surface area contributed by atoms with E-state index in [0.717, 1.165) is 12.1 Å². The van der Waals surface area contributed by atoms with Crippen LogP contribution < -0.4 is 0 Å². The third-order valence-corrected chi connectivity index (χ3v) is 3.98. The number of aromatic nitrogens is 2. The maximum absolute atomic E-state index is 12.5. The quantitative estimate of drug-likeness (QED) is 0.693. The second-order valence-electron chi connectivity index (χ2n) is 6.00. The Morgan fingerprint density at radius 3 is 2.68 bits per heavy atom. The van der Waals surface area contributed by atoms with E-state index in [0.29, 0.717) is 25.8 Å². The molecule has 1 aromatic heterocycles. The lowest BCUT2D eigenvalue weighted by atomic mass is 10.0. The fraction of sp³-hybridized carbons (Fsp3) is 0.625. The lowest BCUT2D eigenvalue weighted by Gasteiger charge is -2.27. The van der Waals surface area contributed by atoms with E-state index < -0.39 is 5.66 Å². The molecule has 22 heavy (non-hydrogen) atoms. The van der Waals surface area contributed by atoms with Crippen LogP contribution in [0, 0.1) is 12.3 Å². The lowest BCUT2D eigenvalue weighted by Crippen LogP contribution is -2.37. The number of hydrogen-bond acceptors (Lipinski definition) is 4. The third kappa shape index (κ3) is 3.94. The number of carbonyl (C=O) groups excluding carboxylic acids is 1. The Bertz CT molecular complexity index is 590. The van der Waals surface area contributed by atoms with E-state index in [9.17, 15) is 4.79 Å². The number of terminal acetylenes is 1. The van der Waals surface area contributed by atoms with E-state index in [1.165, 1.54) is 0 Å². The van der Waals surface area contributed by atoms with Crippen molar-refractivity contribution in [1.29, 1.82) is 0 Å². The van der Waals surface area contributed by atoms with Crippen molar-refractivity contribution in [2.24, 2.45) is 17.3 Å². The minimum Gasteiger partial charge on any atom is -0.336 e. The van der Waals surface area contributed by atoms with Crippen LogP contribution >= 0.6 is 0 Å². The van der Waals surface area contributed by atoms with Crippen LogP contribution in [0.1, 0.15) is 45.2 Å². The van der Waals surface area contributed by atoms with Crippen LogP contribution in [-0.4, -0.2) is 32.1 Å². The van der Waals surface area contributed by atoms with Crippen LogP contribution in [0.25, 0.3) is 0 Å². The molecule has 0 aliphatic carbocycles. The number of aryl methyl sites for hydroxylation is 1. The number of carbonyl (C=O) groups is 1. The SMILES string of the molecule is C#CCCC1(CCC(=O)N(Cc2cncn2C)C(C)C)N=N1. The molecule has 1 aliphatic heterocycles. The standard InChI is InChI=1S/C16H23N5O/c1-5-6-8-16(18-19-16)9-7-15(22)21(13(2)3)11-14-10-17-12-20(14)4/h1,10,12-13H,6-9,11H2,2-4H3. The van der Waals surface area contributed by atoms with Gasteiger partial charge in [0.2, 0.25) is 5.91 Å². The molecule has 0 saturated carbocycles. The summed E-state index contributed by atoms with van der Waals surface area (Å²) in [4.78, 5) is 18.5. The first kappa shape index (κ1) is 16.2. The predicted octanol–water partition coefficient (Wildman–Crippen LogP) is 2.51. The van der Waals surface area contributed by atoms with Gasteiger partial charge in [-0.3, -0.25) is 4.79 Å². The van der Waals surface area contributed by atoms with Crippen molar-refractivity contribution in [2.45, 2.75) is 57.8 Å². The second-order valence-corrected chi connectivity index (χ2v) is 6.00.